The summed E-state index contributed by atoms with van der Waals surface area (Å²) in [4.78, 5) is 22.6. The number of carboxylic acid groups (broad SMARTS) is 1. The average molecular weight is 364 g/mol. The van der Waals surface area contributed by atoms with Gasteiger partial charge in [-0.05, 0) is 54.4 Å². The summed E-state index contributed by atoms with van der Waals surface area (Å²) in [6, 6.07) is 2.45. The van der Waals surface area contributed by atoms with Crippen molar-refractivity contribution in [2.24, 2.45) is 5.92 Å². The zero-order valence-corrected chi connectivity index (χ0v) is 13.7. The van der Waals surface area contributed by atoms with Gasteiger partial charge in [-0.3, -0.25) is 4.79 Å². The van der Waals surface area contributed by atoms with E-state index in [9.17, 15) is 9.59 Å². The molecule has 0 aliphatic carbocycles. The van der Waals surface area contributed by atoms with Gasteiger partial charge < -0.3 is 15.7 Å². The molecule has 20 heavy (non-hydrogen) atoms. The fraction of sp³-hybridized carbons (Fsp3) is 0.385. The van der Waals surface area contributed by atoms with E-state index >= 15 is 0 Å². The largest absolute Gasteiger partial charge is 0.481 e. The molecule has 0 spiro atoms. The number of benzene rings is 1. The molecular weight excluding hydrogens is 348 g/mol. The molecule has 0 radical (unpaired) electrons. The predicted molar refractivity (Wildman–Crippen MR) is 82.3 cm³/mol. The first-order valence-electron chi connectivity index (χ1n) is 5.98. The van der Waals surface area contributed by atoms with Gasteiger partial charge in [-0.25, -0.2) is 4.79 Å². The van der Waals surface area contributed by atoms with E-state index in [0.717, 1.165) is 5.56 Å². The Morgan fingerprint density at radius 2 is 1.95 bits per heavy atom. The second kappa shape index (κ2) is 6.95. The monoisotopic (exact) mass is 362 g/mol. The van der Waals surface area contributed by atoms with Gasteiger partial charge in [0, 0.05) is 15.5 Å². The SMILES string of the molecule is Cc1cc(Br)c(NC(=O)NC(C)C(C)C(=O)O)cc1Cl. The Hall–Kier alpha value is -1.27. The van der Waals surface area contributed by atoms with Gasteiger partial charge in [0.1, 0.15) is 0 Å². The van der Waals surface area contributed by atoms with Crippen molar-refractivity contribution in [1.82, 2.24) is 5.32 Å². The number of hydrogen-bond acceptors (Lipinski definition) is 2. The fourth-order valence-electron chi connectivity index (χ4n) is 1.45. The molecule has 5 nitrogen and oxygen atoms in total. The number of aliphatic carboxylic acids is 1. The highest BCUT2D eigenvalue weighted by molar-refractivity contribution is 9.10. The molecule has 2 atom stereocenters. The smallest absolute Gasteiger partial charge is 0.319 e. The summed E-state index contributed by atoms with van der Waals surface area (Å²) in [7, 11) is 0. The Morgan fingerprint density at radius 1 is 1.35 bits per heavy atom. The van der Waals surface area contributed by atoms with Crippen LogP contribution < -0.4 is 10.6 Å². The summed E-state index contributed by atoms with van der Waals surface area (Å²) in [6.07, 6.45) is 0. The first-order chi connectivity index (χ1) is 9.22. The maximum Gasteiger partial charge on any atom is 0.319 e. The molecule has 0 fully saturated rings. The number of amides is 2. The second-order valence-corrected chi connectivity index (χ2v) is 5.86. The van der Waals surface area contributed by atoms with E-state index in [1.807, 2.05) is 6.92 Å². The number of aryl methyl sites for hydroxylation is 1. The van der Waals surface area contributed by atoms with Gasteiger partial charge in [-0.1, -0.05) is 11.6 Å². The van der Waals surface area contributed by atoms with Crippen LogP contribution in [0.1, 0.15) is 19.4 Å². The summed E-state index contributed by atoms with van der Waals surface area (Å²) in [5.74, 6) is -1.64. The lowest BCUT2D eigenvalue weighted by Gasteiger charge is -2.18. The Kier molecular flexibility index (Phi) is 5.83. The molecule has 1 aromatic rings. The third-order valence-electron chi connectivity index (χ3n) is 2.99. The van der Waals surface area contributed by atoms with Crippen LogP contribution in [0.2, 0.25) is 5.02 Å². The van der Waals surface area contributed by atoms with Crippen LogP contribution in [0.5, 0.6) is 0 Å². The van der Waals surface area contributed by atoms with Crippen LogP contribution in [0, 0.1) is 12.8 Å². The maximum atomic E-state index is 11.8. The van der Waals surface area contributed by atoms with Crippen molar-refractivity contribution in [3.8, 4) is 0 Å². The van der Waals surface area contributed by atoms with E-state index in [2.05, 4.69) is 26.6 Å². The Balaban J connectivity index is 2.72. The first-order valence-corrected chi connectivity index (χ1v) is 7.15. The number of halogens is 2. The van der Waals surface area contributed by atoms with Crippen molar-refractivity contribution in [2.75, 3.05) is 5.32 Å². The van der Waals surface area contributed by atoms with Crippen LogP contribution in [-0.2, 0) is 4.79 Å². The van der Waals surface area contributed by atoms with E-state index in [1.165, 1.54) is 6.92 Å². The highest BCUT2D eigenvalue weighted by Crippen LogP contribution is 2.29. The highest BCUT2D eigenvalue weighted by Gasteiger charge is 2.21. The predicted octanol–water partition coefficient (Wildman–Crippen LogP) is 3.64. The lowest BCUT2D eigenvalue weighted by atomic mass is 10.0. The molecule has 110 valence electrons. The van der Waals surface area contributed by atoms with E-state index < -0.39 is 24.0 Å². The number of urea groups is 1. The van der Waals surface area contributed by atoms with E-state index in [-0.39, 0.29) is 0 Å². The van der Waals surface area contributed by atoms with Gasteiger partial charge in [0.05, 0.1) is 11.6 Å². The molecule has 3 N–H and O–H groups in total. The summed E-state index contributed by atoms with van der Waals surface area (Å²) in [5, 5.41) is 14.6. The molecule has 0 aromatic heterocycles. The van der Waals surface area contributed by atoms with Gasteiger partial charge in [0.2, 0.25) is 0 Å². The summed E-state index contributed by atoms with van der Waals surface area (Å²) >= 11 is 9.33. The molecule has 1 aromatic carbocycles. The van der Waals surface area contributed by atoms with Crippen LogP contribution in [-0.4, -0.2) is 23.1 Å². The molecule has 0 aliphatic heterocycles. The minimum absolute atomic E-state index is 0.480. The Labute approximate surface area is 130 Å². The van der Waals surface area contributed by atoms with Crippen molar-refractivity contribution >= 4 is 45.2 Å². The van der Waals surface area contributed by atoms with Crippen LogP contribution in [0.3, 0.4) is 0 Å². The maximum absolute atomic E-state index is 11.8. The molecule has 0 heterocycles. The third kappa shape index (κ3) is 4.38. The van der Waals surface area contributed by atoms with E-state index in [0.29, 0.717) is 15.2 Å². The van der Waals surface area contributed by atoms with Gasteiger partial charge in [0.15, 0.2) is 0 Å². The Bertz CT molecular complexity index is 537. The number of hydrogen-bond donors (Lipinski definition) is 3. The molecule has 0 saturated carbocycles. The van der Waals surface area contributed by atoms with Crippen molar-refractivity contribution in [3.05, 3.63) is 27.2 Å². The van der Waals surface area contributed by atoms with Crippen molar-refractivity contribution < 1.29 is 14.7 Å². The fourth-order valence-corrected chi connectivity index (χ4v) is 2.17. The lowest BCUT2D eigenvalue weighted by molar-refractivity contribution is -0.141. The third-order valence-corrected chi connectivity index (χ3v) is 4.06. The number of rotatable bonds is 4. The van der Waals surface area contributed by atoms with Gasteiger partial charge in [0.25, 0.3) is 0 Å². The zero-order valence-electron chi connectivity index (χ0n) is 11.3. The topological polar surface area (TPSA) is 78.4 Å². The minimum Gasteiger partial charge on any atom is -0.481 e. The quantitative estimate of drug-likeness (QED) is 0.764. The van der Waals surface area contributed by atoms with Crippen LogP contribution >= 0.6 is 27.5 Å². The van der Waals surface area contributed by atoms with Crippen molar-refractivity contribution in [1.29, 1.82) is 0 Å². The molecule has 1 rings (SSSR count). The number of nitrogens with one attached hydrogen (secondary N) is 2. The second-order valence-electron chi connectivity index (χ2n) is 4.60. The number of carbonyl (C=O) groups excluding carboxylic acids is 1. The van der Waals surface area contributed by atoms with Gasteiger partial charge in [-0.15, -0.1) is 0 Å². The van der Waals surface area contributed by atoms with Crippen LogP contribution in [0.25, 0.3) is 0 Å². The van der Waals surface area contributed by atoms with Crippen molar-refractivity contribution in [3.63, 3.8) is 0 Å². The molecular formula is C13H16BrClN2O3. The van der Waals surface area contributed by atoms with E-state index in [4.69, 9.17) is 16.7 Å². The standard InChI is InChI=1S/C13H16BrClN2O3/c1-6-4-9(14)11(5-10(6)15)17-13(20)16-8(3)7(2)12(18)19/h4-5,7-8H,1-3H3,(H,18,19)(H2,16,17,20). The Morgan fingerprint density at radius 3 is 2.50 bits per heavy atom. The molecule has 7 heteroatoms. The van der Waals surface area contributed by atoms with Crippen LogP contribution in [0.15, 0.2) is 16.6 Å². The molecule has 0 saturated heterocycles. The first kappa shape index (κ1) is 16.8. The number of anilines is 1. The molecule has 2 amide bonds. The zero-order chi connectivity index (χ0) is 15.4. The van der Waals surface area contributed by atoms with Crippen molar-refractivity contribution in [2.45, 2.75) is 26.8 Å². The minimum atomic E-state index is -0.961. The number of carboxylic acids is 1. The molecule has 0 bridgehead atoms. The average Bonchev–Trinajstić information content (AvgIpc) is 2.34. The van der Waals surface area contributed by atoms with E-state index in [1.54, 1.807) is 19.1 Å². The highest BCUT2D eigenvalue weighted by atomic mass is 79.9. The lowest BCUT2D eigenvalue weighted by Crippen LogP contribution is -2.42. The molecule has 0 aliphatic rings. The van der Waals surface area contributed by atoms with Gasteiger partial charge >= 0.3 is 12.0 Å². The summed E-state index contributed by atoms with van der Waals surface area (Å²) in [5.41, 5.74) is 1.41. The summed E-state index contributed by atoms with van der Waals surface area (Å²) < 4.78 is 0.702. The van der Waals surface area contributed by atoms with Crippen LogP contribution in [0.4, 0.5) is 10.5 Å². The molecule has 2 unspecified atom stereocenters. The van der Waals surface area contributed by atoms with Gasteiger partial charge in [-0.2, -0.15) is 0 Å². The number of carbonyl (C=O) groups is 2. The summed E-state index contributed by atoms with van der Waals surface area (Å²) in [6.45, 7) is 5.02. The normalized spacial score (nSPS) is 13.4.